The number of nitrogens with zero attached hydrogens (tertiary/aromatic N) is 1. The first-order valence-corrected chi connectivity index (χ1v) is 24.0. The van der Waals surface area contributed by atoms with E-state index in [1.54, 1.807) is 26.8 Å². The Bertz CT molecular complexity index is 2310. The summed E-state index contributed by atoms with van der Waals surface area (Å²) in [5, 5.41) is 23.5. The zero-order chi connectivity index (χ0) is 48.2. The molecule has 2 N–H and O–H groups in total. The van der Waals surface area contributed by atoms with E-state index in [2.05, 4.69) is 30.9 Å². The van der Waals surface area contributed by atoms with Crippen molar-refractivity contribution in [1.82, 2.24) is 4.90 Å². The van der Waals surface area contributed by atoms with E-state index in [9.17, 15) is 15.0 Å². The smallest absolute Gasteiger partial charge is 0.333 e. The number of aliphatic hydroxyl groups is 2. The third-order valence-electron chi connectivity index (χ3n) is 15.6. The van der Waals surface area contributed by atoms with Gasteiger partial charge in [0.25, 0.3) is 0 Å². The fourth-order valence-electron chi connectivity index (χ4n) is 12.4. The Morgan fingerprint density at radius 2 is 1.66 bits per heavy atom. The SMILES string of the molecule is COC(=O)/C(C)=C\CC12OC(C)(C)C3CC(C1=O)C(N1CCOCC1)C1C(=O)c4c(O[C@@H]5O[C@@H]6COC(C)(C)O[C@H]6[C@H](O)[C@H]5O)c5c(c(CC=C(C)C)c4OC132)OC(C)(CCC=C(C)C)C=C5. The molecule has 1 aromatic rings. The van der Waals surface area contributed by atoms with Gasteiger partial charge in [-0.3, -0.25) is 14.5 Å². The maximum Gasteiger partial charge on any atom is 0.333 e. The molecule has 0 amide bonds. The van der Waals surface area contributed by atoms with Crippen LogP contribution in [0.25, 0.3) is 6.08 Å². The van der Waals surface area contributed by atoms with Gasteiger partial charge in [-0.15, -0.1) is 0 Å². The van der Waals surface area contributed by atoms with Gasteiger partial charge >= 0.3 is 5.97 Å². The second-order valence-corrected chi connectivity index (χ2v) is 21.5. The number of methoxy groups -OCH3 is 1. The minimum Gasteiger partial charge on any atom is -0.482 e. The molecule has 10 rings (SSSR count). The number of carbonyl (C=O) groups excluding carboxylic acids is 3. The Balaban J connectivity index is 1.29. The third kappa shape index (κ3) is 7.74. The van der Waals surface area contributed by atoms with Gasteiger partial charge in [-0.2, -0.15) is 0 Å². The van der Waals surface area contributed by atoms with Crippen molar-refractivity contribution in [3.8, 4) is 17.2 Å². The number of benzene rings is 1. The van der Waals surface area contributed by atoms with Crippen LogP contribution in [0.15, 0.2) is 41.0 Å². The molecule has 0 aromatic heterocycles. The van der Waals surface area contributed by atoms with Gasteiger partial charge in [0, 0.05) is 48.5 Å². The average Bonchev–Trinajstić information content (AvgIpc) is 3.42. The number of Topliss-reactive ketones (excluding diaryl/α,β-unsaturated/α-hetero) is 2. The highest BCUT2D eigenvalue weighted by Gasteiger charge is 2.86. The largest absolute Gasteiger partial charge is 0.482 e. The van der Waals surface area contributed by atoms with Gasteiger partial charge in [0.2, 0.25) is 6.29 Å². The number of fused-ring (bicyclic) bond motifs is 3. The van der Waals surface area contributed by atoms with Gasteiger partial charge in [-0.25, -0.2) is 4.79 Å². The van der Waals surface area contributed by atoms with E-state index in [1.165, 1.54) is 12.7 Å². The lowest BCUT2D eigenvalue weighted by atomic mass is 9.44. The highest BCUT2D eigenvalue weighted by molar-refractivity contribution is 6.10. The van der Waals surface area contributed by atoms with E-state index < -0.39 is 88.7 Å². The summed E-state index contributed by atoms with van der Waals surface area (Å²) in [6.07, 6.45) is 5.56. The molecule has 1 aromatic carbocycles. The van der Waals surface area contributed by atoms with Crippen molar-refractivity contribution in [3.63, 3.8) is 0 Å². The minimum absolute atomic E-state index is 0.0408. The molecule has 1 spiro atoms. The van der Waals surface area contributed by atoms with E-state index in [1.807, 2.05) is 46.8 Å². The molecule has 9 aliphatic rings. The summed E-state index contributed by atoms with van der Waals surface area (Å²) in [7, 11) is 1.31. The standard InChI is InChI=1S/C52H69NO14/c1-27(2)13-12-18-50(10)19-17-31-41(65-50)30(15-14-28(3)4)43-35(42(31)63-47-40(56)39(55)44-33(62-47)26-61-49(8,9)64-44)38(54)36-37(53-21-23-60-24-22-53)32-25-34-48(6,7)67-51(45(32)57,52(34,36)66-43)20-16-29(5)46(58)59-11/h13-14,16-17,19,32-34,36-37,39-40,44,47,55-56H,12,15,18,20-26H2,1-11H3/b29-16-/t32?,33-,34?,36?,37?,39-,40-,44-,47+,50?,51?,52?/m1/s1. The van der Waals surface area contributed by atoms with Crippen LogP contribution in [-0.2, 0) is 44.4 Å². The number of ketones is 2. The van der Waals surface area contributed by atoms with Crippen LogP contribution in [0, 0.1) is 17.8 Å². The molecule has 0 radical (unpaired) electrons. The quantitative estimate of drug-likeness (QED) is 0.150. The van der Waals surface area contributed by atoms with Crippen molar-refractivity contribution >= 4 is 23.6 Å². The lowest BCUT2D eigenvalue weighted by molar-refractivity contribution is -0.373. The summed E-state index contributed by atoms with van der Waals surface area (Å²) in [6, 6.07) is -0.598. The molecule has 7 unspecified atom stereocenters. The number of esters is 1. The van der Waals surface area contributed by atoms with Gasteiger partial charge in [0.15, 0.2) is 28.6 Å². The fraction of sp³-hybridized carbons (Fsp3) is 0.673. The number of hydrogen-bond acceptors (Lipinski definition) is 15. The fourth-order valence-corrected chi connectivity index (χ4v) is 12.4. The Morgan fingerprint density at radius 1 is 0.940 bits per heavy atom. The zero-order valence-electron chi connectivity index (χ0n) is 40.9. The molecule has 3 saturated carbocycles. The molecule has 6 aliphatic heterocycles. The van der Waals surface area contributed by atoms with Crippen LogP contribution >= 0.6 is 0 Å². The molecule has 7 fully saturated rings. The van der Waals surface area contributed by atoms with Crippen LogP contribution in [0.2, 0.25) is 0 Å². The minimum atomic E-state index is -1.69. The highest BCUT2D eigenvalue weighted by atomic mass is 16.8. The number of rotatable bonds is 11. The zero-order valence-corrected chi connectivity index (χ0v) is 40.9. The first kappa shape index (κ1) is 48.1. The van der Waals surface area contributed by atoms with Gasteiger partial charge in [0.1, 0.15) is 52.8 Å². The van der Waals surface area contributed by atoms with Crippen LogP contribution in [0.5, 0.6) is 17.2 Å². The van der Waals surface area contributed by atoms with E-state index in [4.69, 9.17) is 42.6 Å². The van der Waals surface area contributed by atoms with Gasteiger partial charge in [-0.05, 0) is 107 Å². The number of ether oxygens (including phenoxy) is 9. The summed E-state index contributed by atoms with van der Waals surface area (Å²) in [4.78, 5) is 47.4. The Labute approximate surface area is 393 Å². The molecular formula is C52H69NO14. The molecule has 15 nitrogen and oxygen atoms in total. The molecule has 15 heteroatoms. The van der Waals surface area contributed by atoms with Crippen molar-refractivity contribution < 1.29 is 67.2 Å². The Morgan fingerprint density at radius 3 is 2.34 bits per heavy atom. The second-order valence-electron chi connectivity index (χ2n) is 21.5. The highest BCUT2D eigenvalue weighted by Crippen LogP contribution is 2.71. The van der Waals surface area contributed by atoms with Crippen LogP contribution in [0.4, 0.5) is 0 Å². The summed E-state index contributed by atoms with van der Waals surface area (Å²) in [6.45, 7) is 21.0. The topological polar surface area (TPSA) is 178 Å². The molecule has 4 saturated heterocycles. The van der Waals surface area contributed by atoms with Crippen molar-refractivity contribution in [2.75, 3.05) is 40.0 Å². The number of carbonyl (C=O) groups is 3. The van der Waals surface area contributed by atoms with E-state index in [-0.39, 0.29) is 41.7 Å². The summed E-state index contributed by atoms with van der Waals surface area (Å²) in [5.74, 6) is -3.40. The van der Waals surface area contributed by atoms with Crippen LogP contribution in [-0.4, -0.2) is 138 Å². The van der Waals surface area contributed by atoms with Crippen molar-refractivity contribution in [2.45, 2.75) is 166 Å². The molecule has 12 atom stereocenters. The monoisotopic (exact) mass is 931 g/mol. The first-order chi connectivity index (χ1) is 31.6. The van der Waals surface area contributed by atoms with E-state index in [0.29, 0.717) is 68.0 Å². The normalized spacial score (nSPS) is 37.8. The third-order valence-corrected chi connectivity index (χ3v) is 15.6. The lowest BCUT2D eigenvalue weighted by Crippen LogP contribution is -2.82. The first-order valence-electron chi connectivity index (χ1n) is 24.0. The maximum absolute atomic E-state index is 16.6. The number of aliphatic hydroxyl groups excluding tert-OH is 2. The van der Waals surface area contributed by atoms with E-state index in [0.717, 1.165) is 12.0 Å². The van der Waals surface area contributed by atoms with Gasteiger partial charge < -0.3 is 52.8 Å². The molecule has 67 heavy (non-hydrogen) atoms. The molecular weight excluding hydrogens is 863 g/mol. The molecule has 366 valence electrons. The van der Waals surface area contributed by atoms with Gasteiger partial charge in [-0.1, -0.05) is 29.4 Å². The predicted molar refractivity (Wildman–Crippen MR) is 245 cm³/mol. The Hall–Kier alpha value is -3.93. The van der Waals surface area contributed by atoms with Crippen molar-refractivity contribution in [2.24, 2.45) is 17.8 Å². The summed E-state index contributed by atoms with van der Waals surface area (Å²) >= 11 is 0. The number of morpholine rings is 1. The average molecular weight is 932 g/mol. The lowest BCUT2D eigenvalue weighted by Gasteiger charge is -2.64. The predicted octanol–water partition coefficient (Wildman–Crippen LogP) is 5.99. The van der Waals surface area contributed by atoms with Crippen LogP contribution in [0.3, 0.4) is 0 Å². The van der Waals surface area contributed by atoms with Gasteiger partial charge in [0.05, 0.1) is 44.0 Å². The van der Waals surface area contributed by atoms with Crippen molar-refractivity contribution in [3.05, 3.63) is 57.7 Å². The Kier molecular flexibility index (Phi) is 12.3. The molecule has 6 heterocycles. The molecule has 4 bridgehead atoms. The second kappa shape index (κ2) is 17.2. The number of allylic oxidation sites excluding steroid dienone is 4. The summed E-state index contributed by atoms with van der Waals surface area (Å²) < 4.78 is 58.3. The van der Waals surface area contributed by atoms with E-state index >= 15 is 9.59 Å². The number of hydrogen-bond donors (Lipinski definition) is 2. The molecule has 3 aliphatic carbocycles. The van der Waals surface area contributed by atoms with Crippen LogP contribution < -0.4 is 14.2 Å². The van der Waals surface area contributed by atoms with Crippen molar-refractivity contribution in [1.29, 1.82) is 0 Å². The summed E-state index contributed by atoms with van der Waals surface area (Å²) in [5.41, 5.74) is -1.34. The van der Waals surface area contributed by atoms with Crippen LogP contribution in [0.1, 0.15) is 116 Å². The maximum atomic E-state index is 16.6.